The number of terminal acetylenes is 1. The minimum atomic E-state index is -4.69. The Hall–Kier alpha value is -9.25. The minimum Gasteiger partial charge on any atom is -0.505 e. The standard InChI is InChI=1S/C10H14O2.C9H12O2.C8H14O2.C7H14O2.C6H12O2.C6H8O2.C5H5F3O2.C5H5NO2.C5H10O2.C5H8O2.C5H10O.C4H5FO2.C4H8O2.C4H6O2.C4H4O2.2C4H8O.2C3H6O.CH4S/c1-10(9(11)12-2)6-7-3-4-8(10)5-7;1-11-9(10)8-5-6-2-3-7(8)4-6;1-9-5-6-2-3-7-8(4-6)10-7;1-3-7(4-8-2)5-9-6-7;1-6(3-7-2)4-8-5-6;1-4-3-5(2)8-6(4)7;1-3(4(9)10-2)5(6,7)8;1-6-4(7)2-3-5(6)8;1-5(3-6-2)4-7-5;1-4(2)5(6)7-3;1-4-5(2,3)6-4;1-3(5)4(6)7-2;1-5-2-4-3-6-4;2*1-3-4(5)6-2;2*1-3-4-5-2;1-3-2-4-3;1-3-4-2;1-2/h3-4,7-8H,5-6H2,1-2H3;2-3,6-8H,4-5H2,1H3;6-8H,2-5H2,1H3;3-6H2,1-2H3;3-5H2,1-2H3;5H,1,3H2,2H3;1H2,2H3;2-3H,1H3;3-4H2,1-2H3;1H2,2-3H3;4H,1-3H3;1H2,2H3;4H,2-3H2,1H3;3H,1H2,2H3;1H,2H3;3-4H,1-2H3;3H,1,4H2,2H3;3H,2H2,1H3;3H,1H2,2H3;2H,1H3/b;;;;;;;;;;;;;;;4-3+;;;;. The summed E-state index contributed by atoms with van der Waals surface area (Å²) in [6.07, 6.45) is 33.3. The van der Waals surface area contributed by atoms with Crippen LogP contribution in [0.5, 0.6) is 0 Å². The molecule has 0 aromatic rings. The zero-order valence-electron chi connectivity index (χ0n) is 88.7. The fourth-order valence-corrected chi connectivity index (χ4v) is 12.1. The fraction of sp³-hybridized carbons (Fsp3) is 0.667. The number of alkyl halides is 3. The lowest BCUT2D eigenvalue weighted by atomic mass is 9.78. The maximum absolute atomic E-state index is 11.5. The molecule has 4 bridgehead atoms. The SMILES string of the molecule is C#CC(=O)OC.C/C=C/OC.C=C(C(=O)OC)C(F)(F)F.C=C(C)C(=O)OC.C=C(F)C(=O)OC.C=C1CC(C)OC1=O.C=CC(=O)OC.C=CCOC.C=COC.CC1CO1.CC1OC1(C)C.CCC1(COC)COC1.CN1C(=O)C=CC1=O.COC(=O)C1(C)CC2C=CC1C2.COC(=O)C1CC2C=CC1C2.COCC1(C)CO1.COCC1(C)COC1.COCC1CCC2OC2C1.COCC1CO1.CS. The van der Waals surface area contributed by atoms with Crippen LogP contribution in [-0.2, 0) is 157 Å². The Kier molecular flexibility index (Phi) is 81.9. The molecule has 3 saturated carbocycles. The maximum Gasteiger partial charge on any atom is 0.422 e. The van der Waals surface area contributed by atoms with Gasteiger partial charge < -0.3 is 109 Å². The molecule has 0 spiro atoms. The summed E-state index contributed by atoms with van der Waals surface area (Å²) in [6.45, 7) is 55.0. The van der Waals surface area contributed by atoms with E-state index < -0.39 is 41.5 Å². The van der Waals surface area contributed by atoms with Crippen LogP contribution in [0, 0.1) is 64.1 Å². The summed E-state index contributed by atoms with van der Waals surface area (Å²) in [4.78, 5) is 105. The van der Waals surface area contributed by atoms with Crippen LogP contribution >= 0.6 is 12.6 Å². The van der Waals surface area contributed by atoms with Gasteiger partial charge >= 0.3 is 53.9 Å². The minimum absolute atomic E-state index is 0.0261. The van der Waals surface area contributed by atoms with E-state index in [0.717, 1.165) is 130 Å². The third kappa shape index (κ3) is 70.2. The van der Waals surface area contributed by atoms with Crippen LogP contribution in [0.15, 0.2) is 136 Å². The van der Waals surface area contributed by atoms with E-state index in [1.807, 2.05) is 33.8 Å². The predicted molar refractivity (Wildman–Crippen MR) is 530 cm³/mol. The summed E-state index contributed by atoms with van der Waals surface area (Å²) in [6, 6.07) is 0. The molecule has 0 radical (unpaired) electrons. The third-order valence-corrected chi connectivity index (χ3v) is 21.1. The van der Waals surface area contributed by atoms with Crippen molar-refractivity contribution in [1.29, 1.82) is 0 Å². The van der Waals surface area contributed by atoms with Gasteiger partial charge in [0.2, 0.25) is 5.83 Å². The van der Waals surface area contributed by atoms with Crippen molar-refractivity contribution in [2.24, 2.45) is 51.8 Å². The number of halogens is 4. The second-order valence-corrected chi connectivity index (χ2v) is 33.9. The normalized spacial score (nSPS) is 24.4. The summed E-state index contributed by atoms with van der Waals surface area (Å²) in [5.41, 5.74) is 0.293. The molecule has 34 nitrogen and oxygen atoms in total. The molecule has 9 aliphatic heterocycles. The Morgan fingerprint density at radius 3 is 1.31 bits per heavy atom. The van der Waals surface area contributed by atoms with Gasteiger partial charge in [0.1, 0.15) is 23.4 Å². The number of thiol groups is 1. The van der Waals surface area contributed by atoms with Gasteiger partial charge in [-0.15, -0.1) is 13.0 Å². The van der Waals surface area contributed by atoms with E-state index in [2.05, 4.69) is 169 Å². The molecule has 5 aliphatic carbocycles. The van der Waals surface area contributed by atoms with Crippen LogP contribution in [0.25, 0.3) is 0 Å². The molecule has 0 aromatic heterocycles. The number of nitrogens with zero attached hydrogens (tertiary/aromatic N) is 1. The van der Waals surface area contributed by atoms with Gasteiger partial charge in [0.15, 0.2) is 0 Å². The number of cyclic esters (lactones) is 1. The van der Waals surface area contributed by atoms with Gasteiger partial charge in [-0.3, -0.25) is 24.1 Å². The number of epoxide rings is 5. The molecular weight excluding hydrogens is 1880 g/mol. The second kappa shape index (κ2) is 81.1. The van der Waals surface area contributed by atoms with E-state index in [4.69, 9.17) is 71.1 Å². The van der Waals surface area contributed by atoms with Crippen molar-refractivity contribution in [2.45, 2.75) is 188 Å². The number of rotatable bonds is 21. The molecule has 14 atom stereocenters. The summed E-state index contributed by atoms with van der Waals surface area (Å²) < 4.78 is 154. The number of likely N-dealkylation sites (N-methyl/N-ethyl adjacent to an activating group) is 1. The first-order valence-corrected chi connectivity index (χ1v) is 45.9. The molecule has 2 amide bonds. The first-order chi connectivity index (χ1) is 66.2. The van der Waals surface area contributed by atoms with Crippen molar-refractivity contribution in [3.63, 3.8) is 0 Å². The number of hydrogen-bond donors (Lipinski definition) is 1. The number of esters is 8. The smallest absolute Gasteiger partial charge is 0.422 e. The van der Waals surface area contributed by atoms with Crippen molar-refractivity contribution in [3.8, 4) is 12.3 Å². The molecule has 9 heterocycles. The van der Waals surface area contributed by atoms with E-state index in [1.54, 1.807) is 88.3 Å². The summed E-state index contributed by atoms with van der Waals surface area (Å²) in [5, 5.41) is 0. The number of methoxy groups -OCH3 is 15. The number of fused-ring (bicyclic) bond motifs is 5. The van der Waals surface area contributed by atoms with Crippen molar-refractivity contribution in [1.82, 2.24) is 4.90 Å². The molecule has 14 aliphatic rings. The van der Waals surface area contributed by atoms with E-state index in [9.17, 15) is 65.5 Å². The van der Waals surface area contributed by atoms with Gasteiger partial charge in [-0.25, -0.2) is 28.8 Å². The number of allylic oxidation sites excluding steroid dienone is 5. The molecule has 8 saturated heterocycles. The van der Waals surface area contributed by atoms with Gasteiger partial charge in [0.05, 0.1) is 197 Å². The van der Waals surface area contributed by atoms with Gasteiger partial charge in [-0.1, -0.05) is 89.8 Å². The van der Waals surface area contributed by atoms with Crippen molar-refractivity contribution >= 4 is 72.2 Å². The first kappa shape index (κ1) is 142. The van der Waals surface area contributed by atoms with Crippen LogP contribution in [0.1, 0.15) is 134 Å². The molecule has 0 N–H and O–H groups in total. The zero-order chi connectivity index (χ0) is 110. The number of carbonyl (C=O) groups is 10. The van der Waals surface area contributed by atoms with Gasteiger partial charge in [0, 0.05) is 109 Å². The van der Waals surface area contributed by atoms with E-state index in [-0.39, 0.29) is 64.3 Å². The predicted octanol–water partition coefficient (Wildman–Crippen LogP) is 14.6. The second-order valence-electron chi connectivity index (χ2n) is 33.9. The van der Waals surface area contributed by atoms with E-state index in [0.29, 0.717) is 89.2 Å². The van der Waals surface area contributed by atoms with Crippen molar-refractivity contribution in [3.05, 3.63) is 136 Å². The Morgan fingerprint density at radius 2 is 1.14 bits per heavy atom. The van der Waals surface area contributed by atoms with Crippen molar-refractivity contribution < 1.29 is 174 Å². The Bertz CT molecular complexity index is 3740. The molecule has 11 fully saturated rings. The van der Waals surface area contributed by atoms with Crippen LogP contribution in [0.2, 0.25) is 0 Å². The maximum atomic E-state index is 11.5. The van der Waals surface area contributed by atoms with Crippen LogP contribution < -0.4 is 0 Å². The summed E-state index contributed by atoms with van der Waals surface area (Å²) in [7, 11) is 23.7. The molecule has 39 heteroatoms. The number of hydrogen-bond acceptors (Lipinski definition) is 34. The molecule has 14 unspecified atom stereocenters. The third-order valence-electron chi connectivity index (χ3n) is 21.1. The largest absolute Gasteiger partial charge is 0.505 e. The lowest BCUT2D eigenvalue weighted by Crippen LogP contribution is -2.45. The van der Waals surface area contributed by atoms with Crippen LogP contribution in [-0.4, -0.2) is 324 Å². The number of carbonyl (C=O) groups excluding carboxylic acids is 10. The average molecular weight is 2040 g/mol. The average Bonchev–Trinajstić information content (AvgIpc) is 1.61. The topological polar surface area (TPSA) is 403 Å². The molecule has 812 valence electrons. The van der Waals surface area contributed by atoms with E-state index in [1.165, 1.54) is 93.1 Å². The quantitative estimate of drug-likeness (QED) is 0.00953. The Morgan fingerprint density at radius 1 is 0.631 bits per heavy atom. The number of imide groups is 1. The fourth-order valence-electron chi connectivity index (χ4n) is 12.1. The lowest BCUT2D eigenvalue weighted by molar-refractivity contribution is -0.153. The van der Waals surface area contributed by atoms with Crippen LogP contribution in [0.3, 0.4) is 0 Å². The Balaban J connectivity index is -0.000000343. The highest BCUT2D eigenvalue weighted by atomic mass is 32.1. The van der Waals surface area contributed by atoms with E-state index >= 15 is 0 Å². The molecule has 141 heavy (non-hydrogen) atoms. The zero-order valence-corrected chi connectivity index (χ0v) is 89.6. The highest BCUT2D eigenvalue weighted by Crippen LogP contribution is 2.52. The number of ether oxygens (including phenoxy) is 23. The summed E-state index contributed by atoms with van der Waals surface area (Å²) >= 11 is 3.53. The van der Waals surface area contributed by atoms with Gasteiger partial charge in [-0.2, -0.15) is 30.2 Å². The molecular formula is C102H167F4NO33S. The number of amides is 2. The Labute approximate surface area is 841 Å². The van der Waals surface area contributed by atoms with Gasteiger partial charge in [-0.05, 0) is 150 Å². The monoisotopic (exact) mass is 2040 g/mol. The van der Waals surface area contributed by atoms with Crippen LogP contribution in [0.4, 0.5) is 17.6 Å². The highest BCUT2D eigenvalue weighted by Gasteiger charge is 2.51. The summed E-state index contributed by atoms with van der Waals surface area (Å²) in [5.74, 6) is -0.818. The molecule has 14 rings (SSSR count). The molecule has 0 aromatic carbocycles. The lowest BCUT2D eigenvalue weighted by Gasteiger charge is -2.39. The first-order valence-electron chi connectivity index (χ1n) is 45.0. The van der Waals surface area contributed by atoms with Crippen molar-refractivity contribution in [2.75, 3.05) is 206 Å². The van der Waals surface area contributed by atoms with Gasteiger partial charge in [0.25, 0.3) is 11.8 Å². The highest BCUT2D eigenvalue weighted by molar-refractivity contribution is 7.79.